The predicted molar refractivity (Wildman–Crippen MR) is 133 cm³/mol. The van der Waals surface area contributed by atoms with Crippen LogP contribution in [0.5, 0.6) is 11.5 Å². The van der Waals surface area contributed by atoms with Crippen LogP contribution in [0.15, 0.2) is 65.6 Å². The highest BCUT2D eigenvalue weighted by molar-refractivity contribution is 8.00. The molecule has 0 saturated heterocycles. The highest BCUT2D eigenvalue weighted by Crippen LogP contribution is 2.39. The number of nitrogens with zero attached hydrogens (tertiary/aromatic N) is 1. The predicted octanol–water partition coefficient (Wildman–Crippen LogP) is 6.29. The van der Waals surface area contributed by atoms with E-state index < -0.39 is 11.5 Å². The van der Waals surface area contributed by atoms with Gasteiger partial charge in [0, 0.05) is 21.7 Å². The van der Waals surface area contributed by atoms with Gasteiger partial charge in [0.2, 0.25) is 0 Å². The van der Waals surface area contributed by atoms with Crippen molar-refractivity contribution in [1.29, 1.82) is 0 Å². The molecule has 0 N–H and O–H groups in total. The Balaban J connectivity index is 1.42. The molecular formula is C27H24F3NO5S. The van der Waals surface area contributed by atoms with Crippen LogP contribution in [0, 0.1) is 6.92 Å². The van der Waals surface area contributed by atoms with E-state index in [4.69, 9.17) is 14.2 Å². The van der Waals surface area contributed by atoms with Crippen LogP contribution < -0.4 is 14.4 Å². The van der Waals surface area contributed by atoms with Crippen molar-refractivity contribution < 1.29 is 37.0 Å². The molecule has 3 aromatic rings. The Labute approximate surface area is 216 Å². The van der Waals surface area contributed by atoms with Gasteiger partial charge < -0.3 is 19.1 Å². The van der Waals surface area contributed by atoms with Gasteiger partial charge in [-0.1, -0.05) is 12.1 Å². The molecule has 6 nitrogen and oxygen atoms in total. The fourth-order valence-corrected chi connectivity index (χ4v) is 4.48. The van der Waals surface area contributed by atoms with Gasteiger partial charge in [-0.05, 0) is 85.3 Å². The van der Waals surface area contributed by atoms with Crippen molar-refractivity contribution in [3.8, 4) is 11.5 Å². The average molecular weight is 532 g/mol. The number of alkyl halides is 3. The Morgan fingerprint density at radius 1 is 1.03 bits per heavy atom. The number of hydrogen-bond donors (Lipinski definition) is 0. The number of halogens is 3. The lowest BCUT2D eigenvalue weighted by Crippen LogP contribution is -2.22. The molecule has 0 bridgehead atoms. The van der Waals surface area contributed by atoms with E-state index in [2.05, 4.69) is 0 Å². The maximum atomic E-state index is 13.0. The van der Waals surface area contributed by atoms with Gasteiger partial charge in [0.1, 0.15) is 18.1 Å². The van der Waals surface area contributed by atoms with Gasteiger partial charge in [-0.2, -0.15) is 13.2 Å². The minimum atomic E-state index is -4.37. The molecule has 0 fully saturated rings. The first-order chi connectivity index (χ1) is 17.6. The molecule has 0 aromatic heterocycles. The van der Waals surface area contributed by atoms with Crippen molar-refractivity contribution in [2.45, 2.75) is 37.4 Å². The SMILES string of the molecule is CCOC(=O)COc1ccc(COc2cccc3c2CN(c2ccc(SC(F)(F)F)cc2)C3=O)cc1C. The summed E-state index contributed by atoms with van der Waals surface area (Å²) in [6, 6.07) is 16.4. The van der Waals surface area contributed by atoms with Crippen molar-refractivity contribution >= 4 is 29.3 Å². The lowest BCUT2D eigenvalue weighted by atomic mass is 10.1. The third-order valence-corrected chi connectivity index (χ3v) is 6.33. The highest BCUT2D eigenvalue weighted by atomic mass is 32.2. The zero-order valence-corrected chi connectivity index (χ0v) is 20.9. The zero-order valence-electron chi connectivity index (χ0n) is 20.1. The minimum absolute atomic E-state index is 0.0528. The van der Waals surface area contributed by atoms with E-state index in [1.165, 1.54) is 29.2 Å². The van der Waals surface area contributed by atoms with Crippen molar-refractivity contribution in [3.63, 3.8) is 0 Å². The Kier molecular flexibility index (Phi) is 7.97. The van der Waals surface area contributed by atoms with Crippen LogP contribution in [0.2, 0.25) is 0 Å². The van der Waals surface area contributed by atoms with E-state index in [-0.39, 0.29) is 48.9 Å². The molecule has 0 saturated carbocycles. The van der Waals surface area contributed by atoms with Gasteiger partial charge in [0.25, 0.3) is 5.91 Å². The molecule has 0 atom stereocenters. The summed E-state index contributed by atoms with van der Waals surface area (Å²) >= 11 is -0.197. The number of rotatable bonds is 9. The van der Waals surface area contributed by atoms with Gasteiger partial charge in [-0.3, -0.25) is 4.79 Å². The first kappa shape index (κ1) is 26.4. The number of aryl methyl sites for hydroxylation is 1. The monoisotopic (exact) mass is 531 g/mol. The molecule has 0 aliphatic carbocycles. The standard InChI is InChI=1S/C27H24F3NO5S/c1-3-34-25(32)16-36-23-12-7-18(13-17(23)2)15-35-24-6-4-5-21-22(24)14-31(26(21)33)19-8-10-20(11-9-19)37-27(28,29)30/h4-13H,3,14-16H2,1-2H3. The van der Waals surface area contributed by atoms with Crippen molar-refractivity contribution in [2.75, 3.05) is 18.1 Å². The van der Waals surface area contributed by atoms with Crippen molar-refractivity contribution in [3.05, 3.63) is 82.9 Å². The number of anilines is 1. The third-order valence-electron chi connectivity index (χ3n) is 5.59. The quantitative estimate of drug-likeness (QED) is 0.239. The molecule has 37 heavy (non-hydrogen) atoms. The molecule has 0 radical (unpaired) electrons. The fraction of sp³-hybridized carbons (Fsp3) is 0.259. The molecule has 1 heterocycles. The second-order valence-corrected chi connectivity index (χ2v) is 9.34. The van der Waals surface area contributed by atoms with Gasteiger partial charge in [-0.25, -0.2) is 4.79 Å². The number of hydrogen-bond acceptors (Lipinski definition) is 6. The van der Waals surface area contributed by atoms with E-state index in [9.17, 15) is 22.8 Å². The van der Waals surface area contributed by atoms with Gasteiger partial charge >= 0.3 is 11.5 Å². The van der Waals surface area contributed by atoms with Gasteiger partial charge in [-0.15, -0.1) is 0 Å². The van der Waals surface area contributed by atoms with Crippen LogP contribution in [-0.4, -0.2) is 30.6 Å². The first-order valence-electron chi connectivity index (χ1n) is 11.4. The molecule has 3 aromatic carbocycles. The van der Waals surface area contributed by atoms with Crippen LogP contribution >= 0.6 is 11.8 Å². The van der Waals surface area contributed by atoms with Gasteiger partial charge in [0.05, 0.1) is 13.2 Å². The second kappa shape index (κ2) is 11.2. The molecule has 0 spiro atoms. The number of carbonyl (C=O) groups excluding carboxylic acids is 2. The Morgan fingerprint density at radius 3 is 2.46 bits per heavy atom. The highest BCUT2D eigenvalue weighted by Gasteiger charge is 2.32. The number of amides is 1. The largest absolute Gasteiger partial charge is 0.489 e. The summed E-state index contributed by atoms with van der Waals surface area (Å²) in [6.07, 6.45) is 0. The topological polar surface area (TPSA) is 65.1 Å². The van der Waals surface area contributed by atoms with Crippen LogP contribution in [0.4, 0.5) is 18.9 Å². The number of benzene rings is 3. The van der Waals surface area contributed by atoms with E-state index >= 15 is 0 Å². The molecule has 1 aliphatic heterocycles. The first-order valence-corrected chi connectivity index (χ1v) is 12.3. The van der Waals surface area contributed by atoms with Gasteiger partial charge in [0.15, 0.2) is 6.61 Å². The van der Waals surface area contributed by atoms with E-state index in [1.807, 2.05) is 19.1 Å². The summed E-state index contributed by atoms with van der Waals surface area (Å²) in [5.74, 6) is 0.443. The summed E-state index contributed by atoms with van der Waals surface area (Å²) in [7, 11) is 0. The third kappa shape index (κ3) is 6.56. The summed E-state index contributed by atoms with van der Waals surface area (Å²) in [5, 5.41) is 0. The summed E-state index contributed by atoms with van der Waals surface area (Å²) in [4.78, 5) is 26.1. The summed E-state index contributed by atoms with van der Waals surface area (Å²) in [6.45, 7) is 4.19. The Morgan fingerprint density at radius 2 is 1.78 bits per heavy atom. The molecule has 1 aliphatic rings. The lowest BCUT2D eigenvalue weighted by Gasteiger charge is -2.17. The fourth-order valence-electron chi connectivity index (χ4n) is 3.94. The number of esters is 1. The smallest absolute Gasteiger partial charge is 0.446 e. The lowest BCUT2D eigenvalue weighted by molar-refractivity contribution is -0.145. The van der Waals surface area contributed by atoms with Crippen LogP contribution in [0.3, 0.4) is 0 Å². The molecular weight excluding hydrogens is 507 g/mol. The summed E-state index contributed by atoms with van der Waals surface area (Å²) in [5.41, 5.74) is -0.956. The zero-order chi connectivity index (χ0) is 26.6. The van der Waals surface area contributed by atoms with Crippen molar-refractivity contribution in [1.82, 2.24) is 0 Å². The normalized spacial score (nSPS) is 12.9. The number of ether oxygens (including phenoxy) is 3. The van der Waals surface area contributed by atoms with E-state index in [1.54, 1.807) is 31.2 Å². The Hall–Kier alpha value is -3.66. The molecule has 1 amide bonds. The van der Waals surface area contributed by atoms with Crippen LogP contribution in [0.25, 0.3) is 0 Å². The number of fused-ring (bicyclic) bond motifs is 1. The molecule has 194 valence electrons. The van der Waals surface area contributed by atoms with E-state index in [0.29, 0.717) is 28.3 Å². The number of thioether (sulfide) groups is 1. The second-order valence-electron chi connectivity index (χ2n) is 8.20. The summed E-state index contributed by atoms with van der Waals surface area (Å²) < 4.78 is 54.3. The number of carbonyl (C=O) groups is 2. The Bertz CT molecular complexity index is 1290. The average Bonchev–Trinajstić information content (AvgIpc) is 3.19. The van der Waals surface area contributed by atoms with Crippen LogP contribution in [-0.2, 0) is 22.7 Å². The van der Waals surface area contributed by atoms with Crippen molar-refractivity contribution in [2.24, 2.45) is 0 Å². The minimum Gasteiger partial charge on any atom is -0.489 e. The molecule has 0 unspecified atom stereocenters. The maximum absolute atomic E-state index is 13.0. The van der Waals surface area contributed by atoms with E-state index in [0.717, 1.165) is 11.1 Å². The molecule has 10 heteroatoms. The maximum Gasteiger partial charge on any atom is 0.446 e. The molecule has 4 rings (SSSR count). The van der Waals surface area contributed by atoms with Crippen LogP contribution in [0.1, 0.15) is 34.0 Å².